The molecule has 3 aromatic heterocycles. The van der Waals surface area contributed by atoms with Gasteiger partial charge in [-0.3, -0.25) is 4.57 Å². The van der Waals surface area contributed by atoms with Crippen LogP contribution in [0, 0.1) is 0 Å². The van der Waals surface area contributed by atoms with E-state index in [1.165, 1.54) is 0 Å². The summed E-state index contributed by atoms with van der Waals surface area (Å²) in [5.41, 5.74) is 6.77. The predicted octanol–water partition coefficient (Wildman–Crippen LogP) is 7.65. The highest BCUT2D eigenvalue weighted by Crippen LogP contribution is 2.38. The monoisotopic (exact) mass is 437 g/mol. The van der Waals surface area contributed by atoms with E-state index in [2.05, 4.69) is 59.2 Å². The first kappa shape index (κ1) is 18.8. The lowest BCUT2D eigenvalue weighted by Crippen LogP contribution is -1.98. The van der Waals surface area contributed by atoms with Crippen molar-refractivity contribution in [1.82, 2.24) is 14.5 Å². The summed E-state index contributed by atoms with van der Waals surface area (Å²) in [6.45, 7) is 0. The van der Waals surface area contributed by atoms with Crippen LogP contribution in [0.5, 0.6) is 0 Å². The summed E-state index contributed by atoms with van der Waals surface area (Å²) in [4.78, 5) is 9.82. The van der Waals surface area contributed by atoms with Crippen molar-refractivity contribution >= 4 is 32.9 Å². The van der Waals surface area contributed by atoms with Gasteiger partial charge in [-0.25, -0.2) is 9.97 Å². The number of rotatable bonds is 3. The second-order valence-electron chi connectivity index (χ2n) is 8.29. The summed E-state index contributed by atoms with van der Waals surface area (Å²) in [5, 5.41) is 2.17. The first-order chi connectivity index (χ1) is 16.9. The maximum Gasteiger partial charge on any atom is 0.227 e. The smallest absolute Gasteiger partial charge is 0.227 e. The van der Waals surface area contributed by atoms with Crippen molar-refractivity contribution in [3.8, 4) is 28.5 Å². The number of nitrogens with zero attached hydrogens (tertiary/aromatic N) is 3. The molecule has 7 rings (SSSR count). The number of benzene rings is 4. The highest BCUT2D eigenvalue weighted by atomic mass is 16.3. The summed E-state index contributed by atoms with van der Waals surface area (Å²) in [6, 6.07) is 39.0. The van der Waals surface area contributed by atoms with Crippen LogP contribution in [-0.2, 0) is 0 Å². The van der Waals surface area contributed by atoms with Crippen LogP contribution in [0.2, 0.25) is 0 Å². The van der Waals surface area contributed by atoms with Gasteiger partial charge in [-0.05, 0) is 42.5 Å². The highest BCUT2D eigenvalue weighted by molar-refractivity contribution is 6.19. The number of pyridine rings is 1. The van der Waals surface area contributed by atoms with Gasteiger partial charge in [-0.15, -0.1) is 0 Å². The molecule has 0 aliphatic carbocycles. The molecule has 4 heteroatoms. The zero-order chi connectivity index (χ0) is 22.5. The van der Waals surface area contributed by atoms with E-state index in [9.17, 15) is 0 Å². The fourth-order valence-electron chi connectivity index (χ4n) is 4.71. The van der Waals surface area contributed by atoms with E-state index >= 15 is 0 Å². The zero-order valence-corrected chi connectivity index (χ0v) is 18.2. The molecule has 0 aliphatic heterocycles. The lowest BCUT2D eigenvalue weighted by Gasteiger charge is -2.09. The molecule has 4 nitrogen and oxygen atoms in total. The Kier molecular flexibility index (Phi) is 4.11. The van der Waals surface area contributed by atoms with E-state index < -0.39 is 0 Å². The van der Waals surface area contributed by atoms with E-state index in [0.717, 1.165) is 55.5 Å². The average Bonchev–Trinajstić information content (AvgIpc) is 3.49. The highest BCUT2D eigenvalue weighted by Gasteiger charge is 2.19. The van der Waals surface area contributed by atoms with Crippen molar-refractivity contribution in [2.45, 2.75) is 0 Å². The minimum Gasteiger partial charge on any atom is -0.435 e. The Morgan fingerprint density at radius 3 is 2.12 bits per heavy atom. The maximum absolute atomic E-state index is 6.37. The molecular weight excluding hydrogens is 418 g/mol. The van der Waals surface area contributed by atoms with Crippen LogP contribution >= 0.6 is 0 Å². The Bertz CT molecular complexity index is 1800. The van der Waals surface area contributed by atoms with Gasteiger partial charge in [0, 0.05) is 16.5 Å². The molecule has 0 radical (unpaired) electrons. The van der Waals surface area contributed by atoms with Crippen molar-refractivity contribution in [3.63, 3.8) is 0 Å². The molecule has 4 aromatic carbocycles. The lowest BCUT2D eigenvalue weighted by molar-refractivity contribution is 0.623. The second-order valence-corrected chi connectivity index (χ2v) is 8.29. The molecule has 160 valence electrons. The van der Waals surface area contributed by atoms with E-state index in [-0.39, 0.29) is 0 Å². The van der Waals surface area contributed by atoms with E-state index in [1.807, 2.05) is 60.7 Å². The van der Waals surface area contributed by atoms with Crippen molar-refractivity contribution in [3.05, 3.63) is 115 Å². The third kappa shape index (κ3) is 2.86. The van der Waals surface area contributed by atoms with Crippen LogP contribution < -0.4 is 0 Å². The van der Waals surface area contributed by atoms with Gasteiger partial charge in [-0.2, -0.15) is 0 Å². The molecule has 0 saturated carbocycles. The number of aromatic nitrogens is 3. The number of oxazole rings is 1. The maximum atomic E-state index is 6.37. The largest absolute Gasteiger partial charge is 0.435 e. The van der Waals surface area contributed by atoms with Gasteiger partial charge in [0.2, 0.25) is 5.89 Å². The number of hydrogen-bond donors (Lipinski definition) is 0. The summed E-state index contributed by atoms with van der Waals surface area (Å²) in [7, 11) is 0. The molecule has 7 aromatic rings. The second kappa shape index (κ2) is 7.42. The topological polar surface area (TPSA) is 43.9 Å². The minimum atomic E-state index is 0.629. The van der Waals surface area contributed by atoms with Gasteiger partial charge < -0.3 is 4.42 Å². The predicted molar refractivity (Wildman–Crippen MR) is 137 cm³/mol. The summed E-state index contributed by atoms with van der Waals surface area (Å²) in [6.07, 6.45) is 0. The molecule has 0 aliphatic rings. The van der Waals surface area contributed by atoms with Gasteiger partial charge >= 0.3 is 0 Å². The molecule has 0 atom stereocenters. The molecule has 0 N–H and O–H groups in total. The van der Waals surface area contributed by atoms with E-state index in [4.69, 9.17) is 14.4 Å². The Hall–Kier alpha value is -4.70. The molecule has 0 unspecified atom stereocenters. The summed E-state index contributed by atoms with van der Waals surface area (Å²) >= 11 is 0. The summed E-state index contributed by atoms with van der Waals surface area (Å²) < 4.78 is 8.58. The fraction of sp³-hybridized carbons (Fsp3) is 0. The Morgan fingerprint density at radius 1 is 0.559 bits per heavy atom. The van der Waals surface area contributed by atoms with Crippen molar-refractivity contribution < 1.29 is 4.42 Å². The van der Waals surface area contributed by atoms with Gasteiger partial charge in [0.25, 0.3) is 0 Å². The molecule has 0 spiro atoms. The Balaban J connectivity index is 1.52. The molecular formula is C30H19N3O. The van der Waals surface area contributed by atoms with Crippen LogP contribution in [0.4, 0.5) is 0 Å². The molecule has 0 fully saturated rings. The molecule has 0 amide bonds. The van der Waals surface area contributed by atoms with E-state index in [0.29, 0.717) is 5.89 Å². The minimum absolute atomic E-state index is 0.629. The van der Waals surface area contributed by atoms with Crippen molar-refractivity contribution in [1.29, 1.82) is 0 Å². The first-order valence-corrected chi connectivity index (χ1v) is 11.3. The molecule has 0 bridgehead atoms. The van der Waals surface area contributed by atoms with Gasteiger partial charge in [0.1, 0.15) is 11.3 Å². The van der Waals surface area contributed by atoms with Crippen LogP contribution in [0.1, 0.15) is 0 Å². The normalized spacial score (nSPS) is 11.5. The fourth-order valence-corrected chi connectivity index (χ4v) is 4.71. The van der Waals surface area contributed by atoms with Crippen LogP contribution in [0.15, 0.2) is 120 Å². The molecule has 0 saturated heterocycles. The molecule has 3 heterocycles. The quantitative estimate of drug-likeness (QED) is 0.285. The van der Waals surface area contributed by atoms with Gasteiger partial charge in [0.15, 0.2) is 5.58 Å². The van der Waals surface area contributed by atoms with Crippen molar-refractivity contribution in [2.24, 2.45) is 0 Å². The van der Waals surface area contributed by atoms with Crippen LogP contribution in [-0.4, -0.2) is 14.5 Å². The van der Waals surface area contributed by atoms with Gasteiger partial charge in [0.05, 0.1) is 22.1 Å². The zero-order valence-electron chi connectivity index (χ0n) is 18.2. The third-order valence-electron chi connectivity index (χ3n) is 6.24. The number of para-hydroxylation sites is 1. The SMILES string of the molecule is c1ccc(-c2cccc(-n3c4ccccc4c4c5oc(-c6ccccc6)nc5ccc43)n2)cc1. The number of fused-ring (bicyclic) bond motifs is 5. The van der Waals surface area contributed by atoms with Crippen LogP contribution in [0.3, 0.4) is 0 Å². The third-order valence-corrected chi connectivity index (χ3v) is 6.24. The van der Waals surface area contributed by atoms with Crippen LogP contribution in [0.25, 0.3) is 61.4 Å². The Labute approximate surface area is 195 Å². The van der Waals surface area contributed by atoms with Gasteiger partial charge in [-0.1, -0.05) is 72.8 Å². The lowest BCUT2D eigenvalue weighted by atomic mass is 10.1. The van der Waals surface area contributed by atoms with Crippen molar-refractivity contribution in [2.75, 3.05) is 0 Å². The Morgan fingerprint density at radius 2 is 1.29 bits per heavy atom. The first-order valence-electron chi connectivity index (χ1n) is 11.3. The van der Waals surface area contributed by atoms with E-state index in [1.54, 1.807) is 0 Å². The summed E-state index contributed by atoms with van der Waals surface area (Å²) in [5.74, 6) is 1.50. The average molecular weight is 438 g/mol. The standard InChI is InChI=1S/C30H19N3O/c1-3-10-20(11-4-1)23-15-9-17-27(31-23)33-25-16-8-7-14-22(25)28-26(33)19-18-24-29(28)34-30(32-24)21-12-5-2-6-13-21/h1-19H. The number of hydrogen-bond acceptors (Lipinski definition) is 3. The molecule has 34 heavy (non-hydrogen) atoms.